The minimum Gasteiger partial charge on any atom is -0.395 e. The number of aliphatic hydroxyl groups excluding tert-OH is 2. The van der Waals surface area contributed by atoms with Gasteiger partial charge in [0.2, 0.25) is 0 Å². The lowest BCUT2D eigenvalue weighted by Gasteiger charge is -2.16. The molecule has 0 aliphatic carbocycles. The molecule has 0 spiro atoms. The van der Waals surface area contributed by atoms with E-state index in [2.05, 4.69) is 25.2 Å². The third-order valence-corrected chi connectivity index (χ3v) is 5.59. The summed E-state index contributed by atoms with van der Waals surface area (Å²) < 4.78 is 33.8. The van der Waals surface area contributed by atoms with E-state index >= 15 is 0 Å². The van der Waals surface area contributed by atoms with E-state index < -0.39 is 10.1 Å². The summed E-state index contributed by atoms with van der Waals surface area (Å²) in [6, 6.07) is 9.48. The molecular formula is C22H35NO5S. The number of hydrogen-bond acceptors (Lipinski definition) is 5. The van der Waals surface area contributed by atoms with Gasteiger partial charge in [0.1, 0.15) is 4.90 Å². The summed E-state index contributed by atoms with van der Waals surface area (Å²) >= 11 is 0. The van der Waals surface area contributed by atoms with E-state index in [1.807, 2.05) is 18.2 Å². The van der Waals surface area contributed by atoms with E-state index in [0.717, 1.165) is 48.6 Å². The van der Waals surface area contributed by atoms with Gasteiger partial charge >= 0.3 is 0 Å². The molecule has 2 aromatic rings. The maximum absolute atomic E-state index is 12.0. The highest BCUT2D eigenvalue weighted by atomic mass is 32.2. The minimum absolute atomic E-state index is 0.116. The van der Waals surface area contributed by atoms with Crippen molar-refractivity contribution in [2.45, 2.75) is 57.3 Å². The van der Waals surface area contributed by atoms with Crippen LogP contribution in [0.5, 0.6) is 0 Å². The maximum atomic E-state index is 12.0. The van der Waals surface area contributed by atoms with Crippen LogP contribution in [0.4, 0.5) is 0 Å². The van der Waals surface area contributed by atoms with Gasteiger partial charge in [-0.25, -0.2) is 0 Å². The molecule has 0 bridgehead atoms. The Kier molecular flexibility index (Phi) is 12.0. The summed E-state index contributed by atoms with van der Waals surface area (Å²) in [5.74, 6) is 0. The van der Waals surface area contributed by atoms with Crippen LogP contribution in [0.3, 0.4) is 0 Å². The highest BCUT2D eigenvalue weighted by Gasteiger charge is 2.22. The van der Waals surface area contributed by atoms with Gasteiger partial charge in [0, 0.05) is 18.5 Å². The molecule has 164 valence electrons. The molecule has 2 rings (SSSR count). The Labute approximate surface area is 174 Å². The van der Waals surface area contributed by atoms with Gasteiger partial charge in [0.05, 0.1) is 13.2 Å². The lowest BCUT2D eigenvalue weighted by Crippen LogP contribution is -2.21. The Morgan fingerprint density at radius 3 is 2.07 bits per heavy atom. The molecule has 0 aromatic heterocycles. The van der Waals surface area contributed by atoms with Gasteiger partial charge in [0.15, 0.2) is 0 Å². The molecule has 0 aliphatic rings. The minimum atomic E-state index is -4.24. The Morgan fingerprint density at radius 2 is 1.52 bits per heavy atom. The van der Waals surface area contributed by atoms with Gasteiger partial charge in [-0.05, 0) is 42.2 Å². The van der Waals surface area contributed by atoms with Crippen molar-refractivity contribution in [3.63, 3.8) is 0 Å². The van der Waals surface area contributed by atoms with Gasteiger partial charge < -0.3 is 15.5 Å². The van der Waals surface area contributed by atoms with Crippen molar-refractivity contribution in [3.05, 3.63) is 41.5 Å². The van der Waals surface area contributed by atoms with Crippen LogP contribution >= 0.6 is 0 Å². The zero-order valence-corrected chi connectivity index (χ0v) is 18.3. The number of aliphatic hydroxyl groups is 2. The van der Waals surface area contributed by atoms with Crippen molar-refractivity contribution < 1.29 is 23.2 Å². The Bertz CT molecular complexity index is 832. The average molecular weight is 426 g/mol. The summed E-state index contributed by atoms with van der Waals surface area (Å²) in [6.45, 7) is 5.62. The lowest BCUT2D eigenvalue weighted by atomic mass is 9.94. The Balaban J connectivity index is 0.000000516. The number of aryl methyl sites for hydroxylation is 1. The van der Waals surface area contributed by atoms with Crippen LogP contribution in [0.25, 0.3) is 10.8 Å². The molecule has 6 nitrogen and oxygen atoms in total. The number of nitrogens with one attached hydrogen (secondary N) is 1. The molecule has 7 heteroatoms. The van der Waals surface area contributed by atoms with E-state index in [1.54, 1.807) is 6.07 Å². The van der Waals surface area contributed by atoms with E-state index in [4.69, 9.17) is 10.2 Å². The quantitative estimate of drug-likeness (QED) is 0.325. The zero-order chi connectivity index (χ0) is 21.7. The molecule has 0 fully saturated rings. The number of unbranched alkanes of at least 4 members (excludes halogenated alkanes) is 2. The average Bonchev–Trinajstić information content (AvgIpc) is 2.70. The molecular weight excluding hydrogens is 390 g/mol. The summed E-state index contributed by atoms with van der Waals surface area (Å²) in [7, 11) is -4.24. The van der Waals surface area contributed by atoms with Gasteiger partial charge in [-0.2, -0.15) is 8.42 Å². The SMILES string of the molecule is CCCCc1cc2ccccc2c(S(=O)(=O)O)c1CCCC.OCCNCCO. The first-order valence-electron chi connectivity index (χ1n) is 10.3. The van der Waals surface area contributed by atoms with Gasteiger partial charge in [0.25, 0.3) is 10.1 Å². The fourth-order valence-electron chi connectivity index (χ4n) is 3.21. The van der Waals surface area contributed by atoms with Gasteiger partial charge in [-0.15, -0.1) is 0 Å². The first-order chi connectivity index (χ1) is 13.9. The molecule has 29 heavy (non-hydrogen) atoms. The molecule has 0 saturated heterocycles. The van der Waals surface area contributed by atoms with E-state index in [1.165, 1.54) is 0 Å². The standard InChI is InChI=1S/C18H24O3S.C4H11NO2/c1-3-5-9-14-13-15-10-7-8-12-17(15)18(22(19,20)21)16(14)11-6-4-2;6-3-1-5-2-4-7/h7-8,10,12-13H,3-6,9,11H2,1-2H3,(H,19,20,21);5-7H,1-4H2. The van der Waals surface area contributed by atoms with Crippen molar-refractivity contribution in [2.75, 3.05) is 26.3 Å². The number of fused-ring (bicyclic) bond motifs is 1. The summed E-state index contributed by atoms with van der Waals surface area (Å²) in [5, 5.41) is 20.6. The Morgan fingerprint density at radius 1 is 0.931 bits per heavy atom. The van der Waals surface area contributed by atoms with E-state index in [0.29, 0.717) is 24.9 Å². The van der Waals surface area contributed by atoms with Gasteiger partial charge in [-0.1, -0.05) is 57.0 Å². The normalized spacial score (nSPS) is 11.3. The van der Waals surface area contributed by atoms with Crippen LogP contribution in [0.1, 0.15) is 50.7 Å². The van der Waals surface area contributed by atoms with Crippen LogP contribution in [0.2, 0.25) is 0 Å². The Hall–Kier alpha value is -1.51. The van der Waals surface area contributed by atoms with E-state index in [9.17, 15) is 13.0 Å². The second-order valence-corrected chi connectivity index (χ2v) is 8.30. The second kappa shape index (κ2) is 13.7. The van der Waals surface area contributed by atoms with Crippen molar-refractivity contribution >= 4 is 20.9 Å². The third-order valence-electron chi connectivity index (χ3n) is 4.61. The summed E-state index contributed by atoms with van der Waals surface area (Å²) in [5.41, 5.74) is 1.86. The van der Waals surface area contributed by atoms with E-state index in [-0.39, 0.29) is 18.1 Å². The molecule has 0 atom stereocenters. The molecule has 0 heterocycles. The topological polar surface area (TPSA) is 107 Å². The smallest absolute Gasteiger partial charge is 0.295 e. The predicted octanol–water partition coefficient (Wildman–Crippen LogP) is 3.33. The maximum Gasteiger partial charge on any atom is 0.295 e. The largest absolute Gasteiger partial charge is 0.395 e. The number of rotatable bonds is 11. The molecule has 2 aromatic carbocycles. The first-order valence-corrected chi connectivity index (χ1v) is 11.8. The number of benzene rings is 2. The van der Waals surface area contributed by atoms with Crippen LogP contribution < -0.4 is 5.32 Å². The molecule has 0 aliphatic heterocycles. The first kappa shape index (κ1) is 25.5. The highest BCUT2D eigenvalue weighted by molar-refractivity contribution is 7.86. The summed E-state index contributed by atoms with van der Waals surface area (Å²) in [6.07, 6.45) is 5.52. The molecule has 0 saturated carbocycles. The monoisotopic (exact) mass is 425 g/mol. The molecule has 4 N–H and O–H groups in total. The van der Waals surface area contributed by atoms with Crippen molar-refractivity contribution in [1.29, 1.82) is 0 Å². The number of hydrogen-bond donors (Lipinski definition) is 4. The second-order valence-electron chi connectivity index (χ2n) is 6.94. The predicted molar refractivity (Wildman–Crippen MR) is 118 cm³/mol. The van der Waals surface area contributed by atoms with Crippen molar-refractivity contribution in [3.8, 4) is 0 Å². The van der Waals surface area contributed by atoms with Crippen LogP contribution in [-0.2, 0) is 23.0 Å². The fraction of sp³-hybridized carbons (Fsp3) is 0.545. The van der Waals surface area contributed by atoms with Gasteiger partial charge in [-0.3, -0.25) is 4.55 Å². The van der Waals surface area contributed by atoms with Crippen LogP contribution in [0, 0.1) is 0 Å². The van der Waals surface area contributed by atoms with Crippen molar-refractivity contribution in [2.24, 2.45) is 0 Å². The summed E-state index contributed by atoms with van der Waals surface area (Å²) in [4.78, 5) is 0.116. The van der Waals surface area contributed by atoms with Crippen LogP contribution in [-0.4, -0.2) is 49.5 Å². The highest BCUT2D eigenvalue weighted by Crippen LogP contribution is 2.32. The lowest BCUT2D eigenvalue weighted by molar-refractivity contribution is 0.266. The molecule has 0 unspecified atom stereocenters. The van der Waals surface area contributed by atoms with Crippen molar-refractivity contribution in [1.82, 2.24) is 5.32 Å². The van der Waals surface area contributed by atoms with Crippen LogP contribution in [0.15, 0.2) is 35.2 Å². The third kappa shape index (κ3) is 8.40. The molecule has 0 amide bonds. The fourth-order valence-corrected chi connectivity index (χ4v) is 4.22. The zero-order valence-electron chi connectivity index (χ0n) is 17.5. The molecule has 0 radical (unpaired) electrons.